The van der Waals surface area contributed by atoms with E-state index in [0.717, 1.165) is 45.2 Å². The Morgan fingerprint density at radius 2 is 1.75 bits per heavy atom. The van der Waals surface area contributed by atoms with Gasteiger partial charge in [0.2, 0.25) is 5.91 Å². The van der Waals surface area contributed by atoms with E-state index in [1.54, 1.807) is 0 Å². The lowest BCUT2D eigenvalue weighted by atomic mass is 10.0. The van der Waals surface area contributed by atoms with E-state index in [-0.39, 0.29) is 24.6 Å². The van der Waals surface area contributed by atoms with Crippen LogP contribution >= 0.6 is 0 Å². The molecule has 0 aromatic carbocycles. The third kappa shape index (κ3) is 7.20. The zero-order chi connectivity index (χ0) is 20.6. The first-order chi connectivity index (χ1) is 13.3. The molecule has 2 saturated heterocycles. The molecule has 8 heteroatoms. The molecule has 0 aromatic heterocycles. The molecule has 2 heterocycles. The van der Waals surface area contributed by atoms with E-state index < -0.39 is 5.60 Å². The molecule has 0 radical (unpaired) electrons. The first kappa shape index (κ1) is 22.3. The number of nitrogens with one attached hydrogen (secondary N) is 2. The zero-order valence-corrected chi connectivity index (χ0v) is 17.9. The lowest BCUT2D eigenvalue weighted by molar-refractivity contribution is -0.128. The van der Waals surface area contributed by atoms with Gasteiger partial charge in [0.15, 0.2) is 5.96 Å². The van der Waals surface area contributed by atoms with Gasteiger partial charge in [-0.15, -0.1) is 0 Å². The van der Waals surface area contributed by atoms with E-state index in [2.05, 4.69) is 15.6 Å². The van der Waals surface area contributed by atoms with Crippen LogP contribution < -0.4 is 10.6 Å². The molecule has 0 bridgehead atoms. The van der Waals surface area contributed by atoms with Crippen molar-refractivity contribution in [3.05, 3.63) is 0 Å². The molecule has 2 fully saturated rings. The van der Waals surface area contributed by atoms with Gasteiger partial charge in [0.1, 0.15) is 12.1 Å². The molecule has 1 unspecified atom stereocenters. The van der Waals surface area contributed by atoms with Crippen molar-refractivity contribution in [2.24, 2.45) is 4.99 Å². The van der Waals surface area contributed by atoms with Crippen molar-refractivity contribution in [1.29, 1.82) is 0 Å². The quantitative estimate of drug-likeness (QED) is 0.549. The van der Waals surface area contributed by atoms with E-state index >= 15 is 0 Å². The smallest absolute Gasteiger partial charge is 0.410 e. The summed E-state index contributed by atoms with van der Waals surface area (Å²) in [6.45, 7) is 11.5. The molecular weight excluding hydrogens is 358 g/mol. The predicted octanol–water partition coefficient (Wildman–Crippen LogP) is 1.95. The topological polar surface area (TPSA) is 86.3 Å². The van der Waals surface area contributed by atoms with Crippen molar-refractivity contribution in [1.82, 2.24) is 20.4 Å². The summed E-state index contributed by atoms with van der Waals surface area (Å²) in [6, 6.07) is 0.0572. The van der Waals surface area contributed by atoms with Crippen LogP contribution in [0.5, 0.6) is 0 Å². The standard InChI is InChI=1S/C20H37N5O3/c1-5-21-18(23-15-17(26)24-11-8-9-12-24)22-14-16-10-6-7-13-25(16)19(27)28-20(2,3)4/h16H,5-15H2,1-4H3,(H2,21,22,23). The number of rotatable bonds is 5. The molecule has 2 N–H and O–H groups in total. The van der Waals surface area contributed by atoms with Crippen LogP contribution in [-0.2, 0) is 9.53 Å². The van der Waals surface area contributed by atoms with Crippen LogP contribution in [0.25, 0.3) is 0 Å². The van der Waals surface area contributed by atoms with E-state index in [1.165, 1.54) is 0 Å². The van der Waals surface area contributed by atoms with Gasteiger partial charge in [0.25, 0.3) is 0 Å². The number of nitrogens with zero attached hydrogens (tertiary/aromatic N) is 3. The second-order valence-electron chi connectivity index (χ2n) is 8.49. The van der Waals surface area contributed by atoms with Crippen LogP contribution in [0.1, 0.15) is 59.8 Å². The Balaban J connectivity index is 1.91. The Labute approximate surface area is 169 Å². The highest BCUT2D eigenvalue weighted by Gasteiger charge is 2.30. The first-order valence-corrected chi connectivity index (χ1v) is 10.6. The number of hydrogen-bond donors (Lipinski definition) is 2. The fourth-order valence-electron chi connectivity index (χ4n) is 3.54. The molecule has 8 nitrogen and oxygen atoms in total. The van der Waals surface area contributed by atoms with E-state index in [9.17, 15) is 9.59 Å². The van der Waals surface area contributed by atoms with Gasteiger partial charge < -0.3 is 25.2 Å². The third-order valence-corrected chi connectivity index (χ3v) is 4.94. The van der Waals surface area contributed by atoms with E-state index in [4.69, 9.17) is 4.74 Å². The largest absolute Gasteiger partial charge is 0.444 e. The van der Waals surface area contributed by atoms with E-state index in [1.807, 2.05) is 37.5 Å². The predicted molar refractivity (Wildman–Crippen MR) is 110 cm³/mol. The summed E-state index contributed by atoms with van der Waals surface area (Å²) < 4.78 is 5.56. The second kappa shape index (κ2) is 10.5. The van der Waals surface area contributed by atoms with Gasteiger partial charge in [0, 0.05) is 32.7 Å². The van der Waals surface area contributed by atoms with Gasteiger partial charge in [-0.25, -0.2) is 9.79 Å². The number of carbonyl (C=O) groups is 2. The monoisotopic (exact) mass is 395 g/mol. The summed E-state index contributed by atoms with van der Waals surface area (Å²) in [7, 11) is 0. The second-order valence-corrected chi connectivity index (χ2v) is 8.49. The van der Waals surface area contributed by atoms with Crippen molar-refractivity contribution in [2.45, 2.75) is 71.4 Å². The highest BCUT2D eigenvalue weighted by molar-refractivity contribution is 5.85. The number of likely N-dealkylation sites (tertiary alicyclic amines) is 2. The Hall–Kier alpha value is -1.99. The average molecular weight is 396 g/mol. The van der Waals surface area contributed by atoms with Crippen molar-refractivity contribution in [2.75, 3.05) is 39.3 Å². The molecule has 0 saturated carbocycles. The van der Waals surface area contributed by atoms with Gasteiger partial charge in [0.05, 0.1) is 6.04 Å². The summed E-state index contributed by atoms with van der Waals surface area (Å²) in [5, 5.41) is 6.49. The lowest BCUT2D eigenvalue weighted by Gasteiger charge is -2.37. The fourth-order valence-corrected chi connectivity index (χ4v) is 3.54. The number of guanidine groups is 1. The maximum absolute atomic E-state index is 12.5. The minimum atomic E-state index is -0.501. The van der Waals surface area contributed by atoms with Crippen LogP contribution in [-0.4, -0.2) is 78.7 Å². The van der Waals surface area contributed by atoms with Crippen LogP contribution in [0.2, 0.25) is 0 Å². The van der Waals surface area contributed by atoms with Gasteiger partial charge in [-0.2, -0.15) is 0 Å². The molecular formula is C20H37N5O3. The summed E-state index contributed by atoms with van der Waals surface area (Å²) in [5.74, 6) is 0.688. The van der Waals surface area contributed by atoms with Crippen LogP contribution in [0.3, 0.4) is 0 Å². The third-order valence-electron chi connectivity index (χ3n) is 4.94. The van der Waals surface area contributed by atoms with Crippen LogP contribution in [0.4, 0.5) is 4.79 Å². The molecule has 2 aliphatic heterocycles. The first-order valence-electron chi connectivity index (χ1n) is 10.6. The number of carbonyl (C=O) groups excluding carboxylic acids is 2. The maximum atomic E-state index is 12.5. The van der Waals surface area contributed by atoms with Gasteiger partial charge >= 0.3 is 6.09 Å². The molecule has 0 aliphatic carbocycles. The highest BCUT2D eigenvalue weighted by Crippen LogP contribution is 2.20. The minimum Gasteiger partial charge on any atom is -0.444 e. The van der Waals surface area contributed by atoms with Crippen molar-refractivity contribution in [3.8, 4) is 0 Å². The lowest BCUT2D eigenvalue weighted by Crippen LogP contribution is -2.52. The summed E-state index contributed by atoms with van der Waals surface area (Å²) in [4.78, 5) is 32.9. The molecule has 0 aromatic rings. The number of aliphatic imine (C=N–C) groups is 1. The fraction of sp³-hybridized carbons (Fsp3) is 0.850. The zero-order valence-electron chi connectivity index (χ0n) is 17.9. The summed E-state index contributed by atoms with van der Waals surface area (Å²) in [6.07, 6.45) is 4.91. The molecule has 0 spiro atoms. The van der Waals surface area contributed by atoms with Gasteiger partial charge in [-0.3, -0.25) is 4.79 Å². The Kier molecular flexibility index (Phi) is 8.38. The van der Waals surface area contributed by atoms with Crippen LogP contribution in [0, 0.1) is 0 Å². The van der Waals surface area contributed by atoms with Gasteiger partial charge in [-0.05, 0) is 59.8 Å². The summed E-state index contributed by atoms with van der Waals surface area (Å²) >= 11 is 0. The van der Waals surface area contributed by atoms with Crippen LogP contribution in [0.15, 0.2) is 4.99 Å². The Morgan fingerprint density at radius 1 is 1.07 bits per heavy atom. The number of ether oxygens (including phenoxy) is 1. The Morgan fingerprint density at radius 3 is 2.39 bits per heavy atom. The molecule has 160 valence electrons. The van der Waals surface area contributed by atoms with Crippen molar-refractivity contribution < 1.29 is 14.3 Å². The average Bonchev–Trinajstić information content (AvgIpc) is 3.17. The molecule has 1 atom stereocenters. The number of hydrogen-bond acceptors (Lipinski definition) is 4. The number of piperidine rings is 1. The SMILES string of the molecule is CCNC(=NCC(=O)N1CCCC1)NCC1CCCCN1C(=O)OC(C)(C)C. The highest BCUT2D eigenvalue weighted by atomic mass is 16.6. The van der Waals surface area contributed by atoms with Crippen molar-refractivity contribution in [3.63, 3.8) is 0 Å². The van der Waals surface area contributed by atoms with Crippen molar-refractivity contribution >= 4 is 18.0 Å². The van der Waals surface area contributed by atoms with Gasteiger partial charge in [-0.1, -0.05) is 0 Å². The molecule has 2 aliphatic rings. The molecule has 2 amide bonds. The van der Waals surface area contributed by atoms with E-state index in [0.29, 0.717) is 25.6 Å². The normalized spacial score (nSPS) is 20.9. The summed E-state index contributed by atoms with van der Waals surface area (Å²) in [5.41, 5.74) is -0.501. The molecule has 28 heavy (non-hydrogen) atoms. The maximum Gasteiger partial charge on any atom is 0.410 e. The molecule has 2 rings (SSSR count). The Bertz CT molecular complexity index is 553. The minimum absolute atomic E-state index is 0.0572. The number of amides is 2.